The van der Waals surface area contributed by atoms with Gasteiger partial charge in [0.2, 0.25) is 11.8 Å². The molecule has 1 N–H and O–H groups in total. The molecule has 1 atom stereocenters. The molecular formula is C18H20FN3O3. The minimum atomic E-state index is -0.707. The summed E-state index contributed by atoms with van der Waals surface area (Å²) in [5.41, 5.74) is 1.62. The highest BCUT2D eigenvalue weighted by atomic mass is 19.1. The van der Waals surface area contributed by atoms with E-state index in [1.165, 1.54) is 23.1 Å². The highest BCUT2D eigenvalue weighted by Crippen LogP contribution is 2.34. The smallest absolute Gasteiger partial charge is 0.230 e. The number of halogens is 1. The lowest BCUT2D eigenvalue weighted by molar-refractivity contribution is -0.134. The number of aromatic nitrogens is 1. The van der Waals surface area contributed by atoms with Crippen molar-refractivity contribution in [3.05, 3.63) is 47.1 Å². The van der Waals surface area contributed by atoms with Crippen LogP contribution < -0.4 is 5.32 Å². The summed E-state index contributed by atoms with van der Waals surface area (Å²) in [5, 5.41) is 6.64. The molecule has 6 nitrogen and oxygen atoms in total. The molecule has 0 fully saturated rings. The van der Waals surface area contributed by atoms with Crippen molar-refractivity contribution in [1.29, 1.82) is 0 Å². The van der Waals surface area contributed by atoms with Gasteiger partial charge in [-0.05, 0) is 23.8 Å². The number of amides is 2. The molecule has 1 aromatic carbocycles. The van der Waals surface area contributed by atoms with Crippen LogP contribution in [0.2, 0.25) is 0 Å². The van der Waals surface area contributed by atoms with Crippen LogP contribution in [0.4, 0.5) is 10.1 Å². The zero-order valence-corrected chi connectivity index (χ0v) is 14.4. The van der Waals surface area contributed by atoms with E-state index in [0.717, 1.165) is 5.76 Å². The zero-order chi connectivity index (χ0) is 18.1. The predicted molar refractivity (Wildman–Crippen MR) is 89.5 cm³/mol. The molecule has 25 heavy (non-hydrogen) atoms. The van der Waals surface area contributed by atoms with Crippen molar-refractivity contribution in [1.82, 2.24) is 10.1 Å². The summed E-state index contributed by atoms with van der Waals surface area (Å²) < 4.78 is 18.8. The largest absolute Gasteiger partial charge is 0.361 e. The molecule has 2 amide bonds. The van der Waals surface area contributed by atoms with Crippen LogP contribution in [0.3, 0.4) is 0 Å². The standard InChI is InChI=1S/C18H20FN3O3/c1-10(2)16-7-12(21-25-16)9-22(3)18(24)14-8-17(23)20-15-5-4-11(19)6-13(14)15/h4-7,10,14H,8-9H2,1-3H3,(H,20,23)/t14-/m0/s1. The van der Waals surface area contributed by atoms with Crippen LogP contribution in [0, 0.1) is 5.82 Å². The Labute approximate surface area is 145 Å². The van der Waals surface area contributed by atoms with Crippen molar-refractivity contribution in [2.45, 2.75) is 38.6 Å². The second-order valence-corrected chi connectivity index (χ2v) is 6.61. The van der Waals surface area contributed by atoms with E-state index in [9.17, 15) is 14.0 Å². The van der Waals surface area contributed by atoms with Crippen molar-refractivity contribution in [2.24, 2.45) is 0 Å². The lowest BCUT2D eigenvalue weighted by Crippen LogP contribution is -2.36. The first-order chi connectivity index (χ1) is 11.8. The molecule has 0 spiro atoms. The van der Waals surface area contributed by atoms with Gasteiger partial charge in [0.25, 0.3) is 0 Å². The maximum absolute atomic E-state index is 13.6. The van der Waals surface area contributed by atoms with Gasteiger partial charge in [0.05, 0.1) is 12.5 Å². The summed E-state index contributed by atoms with van der Waals surface area (Å²) in [5.74, 6) is -0.695. The third kappa shape index (κ3) is 3.55. The first-order valence-electron chi connectivity index (χ1n) is 8.15. The van der Waals surface area contributed by atoms with Crippen LogP contribution in [0.25, 0.3) is 0 Å². The molecule has 0 radical (unpaired) electrons. The Morgan fingerprint density at radius 2 is 2.20 bits per heavy atom. The van der Waals surface area contributed by atoms with E-state index in [1.54, 1.807) is 7.05 Å². The van der Waals surface area contributed by atoms with Gasteiger partial charge in [-0.25, -0.2) is 4.39 Å². The topological polar surface area (TPSA) is 75.4 Å². The number of carbonyl (C=O) groups is 2. The maximum atomic E-state index is 13.6. The van der Waals surface area contributed by atoms with E-state index in [2.05, 4.69) is 10.5 Å². The summed E-state index contributed by atoms with van der Waals surface area (Å²) in [6.07, 6.45) is -0.00428. The Morgan fingerprint density at radius 1 is 1.44 bits per heavy atom. The fraction of sp³-hybridized carbons (Fsp3) is 0.389. The van der Waals surface area contributed by atoms with Gasteiger partial charge in [-0.2, -0.15) is 0 Å². The molecular weight excluding hydrogens is 325 g/mol. The molecule has 2 heterocycles. The van der Waals surface area contributed by atoms with Gasteiger partial charge in [0.1, 0.15) is 17.3 Å². The van der Waals surface area contributed by atoms with Gasteiger partial charge >= 0.3 is 0 Å². The molecule has 0 saturated carbocycles. The summed E-state index contributed by atoms with van der Waals surface area (Å²) in [6, 6.07) is 5.86. The predicted octanol–water partition coefficient (Wildman–Crippen LogP) is 3.02. The molecule has 1 aliphatic heterocycles. The van der Waals surface area contributed by atoms with Crippen LogP contribution >= 0.6 is 0 Å². The van der Waals surface area contributed by atoms with Crippen molar-refractivity contribution in [3.63, 3.8) is 0 Å². The van der Waals surface area contributed by atoms with Gasteiger partial charge in [-0.15, -0.1) is 0 Å². The summed E-state index contributed by atoms with van der Waals surface area (Å²) in [6.45, 7) is 4.24. The van der Waals surface area contributed by atoms with Crippen LogP contribution in [-0.4, -0.2) is 28.9 Å². The minimum absolute atomic E-state index is 0.00428. The van der Waals surface area contributed by atoms with E-state index in [1.807, 2.05) is 19.9 Å². The highest BCUT2D eigenvalue weighted by molar-refractivity contribution is 6.01. The van der Waals surface area contributed by atoms with E-state index >= 15 is 0 Å². The molecule has 7 heteroatoms. The monoisotopic (exact) mass is 345 g/mol. The van der Waals surface area contributed by atoms with Crippen LogP contribution in [0.1, 0.15) is 49.1 Å². The van der Waals surface area contributed by atoms with E-state index in [0.29, 0.717) is 16.9 Å². The van der Waals surface area contributed by atoms with Gasteiger partial charge in [0, 0.05) is 31.1 Å². The van der Waals surface area contributed by atoms with Gasteiger partial charge in [0.15, 0.2) is 0 Å². The average molecular weight is 345 g/mol. The van der Waals surface area contributed by atoms with E-state index < -0.39 is 11.7 Å². The number of anilines is 1. The first kappa shape index (κ1) is 17.1. The van der Waals surface area contributed by atoms with Crippen LogP contribution in [0.5, 0.6) is 0 Å². The normalized spacial score (nSPS) is 16.5. The number of carbonyl (C=O) groups excluding carboxylic acids is 2. The minimum Gasteiger partial charge on any atom is -0.361 e. The van der Waals surface area contributed by atoms with Gasteiger partial charge in [-0.3, -0.25) is 9.59 Å². The Bertz CT molecular complexity index is 816. The van der Waals surface area contributed by atoms with Crippen molar-refractivity contribution < 1.29 is 18.5 Å². The number of likely N-dealkylation sites (N-methyl/N-ethyl adjacent to an activating group) is 1. The molecule has 0 aliphatic carbocycles. The highest BCUT2D eigenvalue weighted by Gasteiger charge is 2.33. The summed E-state index contributed by atoms with van der Waals surface area (Å²) in [7, 11) is 1.64. The van der Waals surface area contributed by atoms with E-state index in [-0.39, 0.29) is 30.7 Å². The van der Waals surface area contributed by atoms with Crippen LogP contribution in [0.15, 0.2) is 28.8 Å². The third-order valence-corrected chi connectivity index (χ3v) is 4.27. The first-order valence-corrected chi connectivity index (χ1v) is 8.15. The molecule has 2 aromatic rings. The second-order valence-electron chi connectivity index (χ2n) is 6.61. The van der Waals surface area contributed by atoms with Crippen molar-refractivity contribution in [2.75, 3.05) is 12.4 Å². The molecule has 3 rings (SSSR count). The zero-order valence-electron chi connectivity index (χ0n) is 14.4. The molecule has 132 valence electrons. The quantitative estimate of drug-likeness (QED) is 0.924. The summed E-state index contributed by atoms with van der Waals surface area (Å²) in [4.78, 5) is 26.2. The molecule has 0 saturated heterocycles. The SMILES string of the molecule is CC(C)c1cc(CN(C)C(=O)[C@H]2CC(=O)Nc3ccc(F)cc32)no1. The summed E-state index contributed by atoms with van der Waals surface area (Å²) >= 11 is 0. The van der Waals surface area contributed by atoms with Gasteiger partial charge in [-0.1, -0.05) is 19.0 Å². The molecule has 1 aliphatic rings. The number of nitrogens with one attached hydrogen (secondary N) is 1. The number of rotatable bonds is 4. The fourth-order valence-electron chi connectivity index (χ4n) is 2.91. The number of nitrogens with zero attached hydrogens (tertiary/aromatic N) is 2. The Morgan fingerprint density at radius 3 is 2.88 bits per heavy atom. The molecule has 0 unspecified atom stereocenters. The number of benzene rings is 1. The maximum Gasteiger partial charge on any atom is 0.230 e. The molecule has 1 aromatic heterocycles. The molecule has 0 bridgehead atoms. The third-order valence-electron chi connectivity index (χ3n) is 4.27. The van der Waals surface area contributed by atoms with Crippen molar-refractivity contribution >= 4 is 17.5 Å². The number of fused-ring (bicyclic) bond motifs is 1. The average Bonchev–Trinajstić information content (AvgIpc) is 3.02. The lowest BCUT2D eigenvalue weighted by Gasteiger charge is -2.28. The lowest BCUT2D eigenvalue weighted by atomic mass is 9.89. The Kier molecular flexibility index (Phi) is 4.57. The Hall–Kier alpha value is -2.70. The number of hydrogen-bond acceptors (Lipinski definition) is 4. The van der Waals surface area contributed by atoms with E-state index in [4.69, 9.17) is 4.52 Å². The van der Waals surface area contributed by atoms with Gasteiger partial charge < -0.3 is 14.7 Å². The van der Waals surface area contributed by atoms with Crippen molar-refractivity contribution in [3.8, 4) is 0 Å². The second kappa shape index (κ2) is 6.66. The van der Waals surface area contributed by atoms with Crippen LogP contribution in [-0.2, 0) is 16.1 Å². The fourth-order valence-corrected chi connectivity index (χ4v) is 2.91. The Balaban J connectivity index is 1.80. The number of hydrogen-bond donors (Lipinski definition) is 1.